The summed E-state index contributed by atoms with van der Waals surface area (Å²) in [6.45, 7) is 1.69. The summed E-state index contributed by atoms with van der Waals surface area (Å²) in [7, 11) is 6.72. The number of nitrogens with zero attached hydrogens (tertiary/aromatic N) is 1. The van der Waals surface area contributed by atoms with Crippen LogP contribution in [0.15, 0.2) is 11.6 Å². The van der Waals surface area contributed by atoms with E-state index < -0.39 is 5.97 Å². The van der Waals surface area contributed by atoms with Crippen molar-refractivity contribution in [1.82, 2.24) is 0 Å². The van der Waals surface area contributed by atoms with Gasteiger partial charge in [0.25, 0.3) is 0 Å². The van der Waals surface area contributed by atoms with Crippen LogP contribution in [0.3, 0.4) is 0 Å². The fraction of sp³-hybridized carbons (Fsp3) is 0.769. The quantitative estimate of drug-likeness (QED) is 0.592. The predicted octanol–water partition coefficient (Wildman–Crippen LogP) is 2.28. The van der Waals surface area contributed by atoms with Crippen LogP contribution in [0.4, 0.5) is 0 Å². The second kappa shape index (κ2) is 5.00. The van der Waals surface area contributed by atoms with Crippen LogP contribution in [0.2, 0.25) is 0 Å². The highest BCUT2D eigenvalue weighted by Crippen LogP contribution is 2.30. The van der Waals surface area contributed by atoms with Gasteiger partial charge in [-0.2, -0.15) is 0 Å². The van der Waals surface area contributed by atoms with Gasteiger partial charge in [0, 0.05) is 5.57 Å². The van der Waals surface area contributed by atoms with Crippen molar-refractivity contribution >= 4 is 5.97 Å². The molecule has 0 aliphatic heterocycles. The predicted molar refractivity (Wildman–Crippen MR) is 65.2 cm³/mol. The second-order valence-electron chi connectivity index (χ2n) is 5.84. The lowest BCUT2D eigenvalue weighted by Gasteiger charge is -2.38. The van der Waals surface area contributed by atoms with Crippen LogP contribution in [-0.4, -0.2) is 42.7 Å². The summed E-state index contributed by atoms with van der Waals surface area (Å²) in [4.78, 5) is 10.7. The zero-order chi connectivity index (χ0) is 12.3. The van der Waals surface area contributed by atoms with E-state index in [1.807, 2.05) is 6.08 Å². The third-order valence-electron chi connectivity index (χ3n) is 3.66. The minimum absolute atomic E-state index is 0.471. The Hall–Kier alpha value is -0.830. The molecule has 0 aromatic rings. The van der Waals surface area contributed by atoms with E-state index in [-0.39, 0.29) is 0 Å². The second-order valence-corrected chi connectivity index (χ2v) is 5.84. The molecule has 1 N–H and O–H groups in total. The van der Waals surface area contributed by atoms with Crippen LogP contribution < -0.4 is 0 Å². The summed E-state index contributed by atoms with van der Waals surface area (Å²) >= 11 is 0. The van der Waals surface area contributed by atoms with Crippen molar-refractivity contribution in [2.75, 3.05) is 21.1 Å². The van der Waals surface area contributed by atoms with Gasteiger partial charge < -0.3 is 9.59 Å². The molecule has 1 aliphatic rings. The zero-order valence-corrected chi connectivity index (χ0v) is 10.9. The van der Waals surface area contributed by atoms with Crippen LogP contribution in [0.5, 0.6) is 0 Å². The number of rotatable bonds is 3. The van der Waals surface area contributed by atoms with Crippen molar-refractivity contribution in [3.63, 3.8) is 0 Å². The SMILES string of the molecule is C/C(=C\C1CCC([N+](C)(C)C)CC1)C(=O)O. The Kier molecular flexibility index (Phi) is 4.14. The van der Waals surface area contributed by atoms with E-state index in [0.717, 1.165) is 23.4 Å². The van der Waals surface area contributed by atoms with Crippen LogP contribution in [0.1, 0.15) is 32.6 Å². The third kappa shape index (κ3) is 3.63. The highest BCUT2D eigenvalue weighted by Gasteiger charge is 2.29. The average Bonchev–Trinajstić information content (AvgIpc) is 2.17. The van der Waals surface area contributed by atoms with Gasteiger partial charge in [-0.15, -0.1) is 0 Å². The molecule has 92 valence electrons. The first-order chi connectivity index (χ1) is 7.30. The van der Waals surface area contributed by atoms with E-state index in [4.69, 9.17) is 5.11 Å². The van der Waals surface area contributed by atoms with E-state index in [2.05, 4.69) is 21.1 Å². The Morgan fingerprint density at radius 1 is 1.19 bits per heavy atom. The fourth-order valence-corrected chi connectivity index (χ4v) is 2.47. The summed E-state index contributed by atoms with van der Waals surface area (Å²) in [5, 5.41) is 8.82. The number of hydrogen-bond donors (Lipinski definition) is 1. The van der Waals surface area contributed by atoms with Gasteiger partial charge in [0.1, 0.15) is 0 Å². The molecule has 1 rings (SSSR count). The molecule has 0 unspecified atom stereocenters. The maximum Gasteiger partial charge on any atom is 0.330 e. The summed E-state index contributed by atoms with van der Waals surface area (Å²) in [5.41, 5.74) is 0.494. The molecule has 0 bridgehead atoms. The van der Waals surface area contributed by atoms with E-state index in [0.29, 0.717) is 11.5 Å². The summed E-state index contributed by atoms with van der Waals surface area (Å²) in [5.74, 6) is -0.312. The van der Waals surface area contributed by atoms with Crippen LogP contribution in [-0.2, 0) is 4.79 Å². The minimum atomic E-state index is -0.784. The largest absolute Gasteiger partial charge is 0.478 e. The average molecular weight is 226 g/mol. The fourth-order valence-electron chi connectivity index (χ4n) is 2.47. The molecule has 1 fully saturated rings. The number of quaternary nitrogens is 1. The number of carbonyl (C=O) groups is 1. The van der Waals surface area contributed by atoms with Crippen LogP contribution in [0.25, 0.3) is 0 Å². The first-order valence-corrected chi connectivity index (χ1v) is 6.03. The molecule has 1 saturated carbocycles. The van der Waals surface area contributed by atoms with Gasteiger partial charge in [0.2, 0.25) is 0 Å². The lowest BCUT2D eigenvalue weighted by molar-refractivity contribution is -0.897. The van der Waals surface area contributed by atoms with Crippen LogP contribution >= 0.6 is 0 Å². The lowest BCUT2D eigenvalue weighted by Crippen LogP contribution is -2.46. The number of allylic oxidation sites excluding steroid dienone is 1. The third-order valence-corrected chi connectivity index (χ3v) is 3.66. The Morgan fingerprint density at radius 3 is 2.06 bits per heavy atom. The Labute approximate surface area is 98.3 Å². The number of carboxylic acid groups (broad SMARTS) is 1. The van der Waals surface area contributed by atoms with E-state index in [1.54, 1.807) is 6.92 Å². The van der Waals surface area contributed by atoms with E-state index in [1.165, 1.54) is 12.8 Å². The number of hydrogen-bond acceptors (Lipinski definition) is 1. The molecule has 0 saturated heterocycles. The van der Waals surface area contributed by atoms with Crippen molar-refractivity contribution in [3.05, 3.63) is 11.6 Å². The molecular weight excluding hydrogens is 202 g/mol. The lowest BCUT2D eigenvalue weighted by atomic mass is 9.84. The Balaban J connectivity index is 2.50. The monoisotopic (exact) mass is 226 g/mol. The first-order valence-electron chi connectivity index (χ1n) is 6.03. The number of aliphatic carboxylic acids is 1. The van der Waals surface area contributed by atoms with Gasteiger partial charge >= 0.3 is 5.97 Å². The highest BCUT2D eigenvalue weighted by molar-refractivity contribution is 5.85. The molecular formula is C13H24NO2+. The van der Waals surface area contributed by atoms with Crippen molar-refractivity contribution < 1.29 is 14.4 Å². The molecule has 0 spiro atoms. The number of carboxylic acids is 1. The normalized spacial score (nSPS) is 27.9. The minimum Gasteiger partial charge on any atom is -0.478 e. The molecule has 0 radical (unpaired) electrons. The highest BCUT2D eigenvalue weighted by atomic mass is 16.4. The molecule has 0 amide bonds. The van der Waals surface area contributed by atoms with Gasteiger partial charge in [0.15, 0.2) is 0 Å². The molecule has 3 nitrogen and oxygen atoms in total. The molecule has 16 heavy (non-hydrogen) atoms. The molecule has 1 aliphatic carbocycles. The first kappa shape index (κ1) is 13.2. The van der Waals surface area contributed by atoms with Gasteiger partial charge in [-0.1, -0.05) is 6.08 Å². The van der Waals surface area contributed by atoms with Gasteiger partial charge in [-0.05, 0) is 38.5 Å². The summed E-state index contributed by atoms with van der Waals surface area (Å²) in [6.07, 6.45) is 6.61. The topological polar surface area (TPSA) is 37.3 Å². The summed E-state index contributed by atoms with van der Waals surface area (Å²) in [6, 6.07) is 0.731. The van der Waals surface area contributed by atoms with Crippen molar-refractivity contribution in [3.8, 4) is 0 Å². The van der Waals surface area contributed by atoms with E-state index >= 15 is 0 Å². The zero-order valence-electron chi connectivity index (χ0n) is 10.9. The van der Waals surface area contributed by atoms with Crippen molar-refractivity contribution in [1.29, 1.82) is 0 Å². The standard InChI is InChI=1S/C13H23NO2/c1-10(13(15)16)9-11-5-7-12(8-6-11)14(2,3)4/h9,11-12H,5-8H2,1-4H3/p+1/b10-9+. The van der Waals surface area contributed by atoms with Crippen molar-refractivity contribution in [2.24, 2.45) is 5.92 Å². The smallest absolute Gasteiger partial charge is 0.330 e. The molecule has 3 heteroatoms. The van der Waals surface area contributed by atoms with Gasteiger partial charge in [0.05, 0.1) is 27.2 Å². The molecule has 0 heterocycles. The Bertz CT molecular complexity index is 281. The molecule has 0 atom stereocenters. The maximum absolute atomic E-state index is 10.7. The van der Waals surface area contributed by atoms with Crippen LogP contribution in [0, 0.1) is 5.92 Å². The van der Waals surface area contributed by atoms with Gasteiger partial charge in [-0.25, -0.2) is 4.79 Å². The maximum atomic E-state index is 10.7. The van der Waals surface area contributed by atoms with Crippen molar-refractivity contribution in [2.45, 2.75) is 38.6 Å². The van der Waals surface area contributed by atoms with E-state index in [9.17, 15) is 4.79 Å². The summed E-state index contributed by atoms with van der Waals surface area (Å²) < 4.78 is 1.02. The molecule has 0 aromatic carbocycles. The Morgan fingerprint density at radius 2 is 1.69 bits per heavy atom. The van der Waals surface area contributed by atoms with Gasteiger partial charge in [-0.3, -0.25) is 0 Å². The molecule has 0 aromatic heterocycles.